The minimum absolute atomic E-state index is 0.313. The normalized spacial score (nSPS) is 12.5. The first-order valence-electron chi connectivity index (χ1n) is 6.65. The molecule has 0 aliphatic carbocycles. The molecule has 0 aliphatic rings. The number of carbonyl (C=O) groups is 1. The van der Waals surface area contributed by atoms with Crippen molar-refractivity contribution in [2.45, 2.75) is 12.8 Å². The summed E-state index contributed by atoms with van der Waals surface area (Å²) in [5, 5.41) is 12.1. The average molecular weight is 308 g/mol. The van der Waals surface area contributed by atoms with Crippen molar-refractivity contribution in [2.75, 3.05) is 0 Å². The van der Waals surface area contributed by atoms with Gasteiger partial charge < -0.3 is 4.98 Å². The van der Waals surface area contributed by atoms with Gasteiger partial charge in [-0.05, 0) is 31.2 Å². The number of imidazole rings is 1. The number of nitrogens with zero attached hydrogens (tertiary/aromatic N) is 3. The van der Waals surface area contributed by atoms with Gasteiger partial charge in [0.05, 0.1) is 27.8 Å². The standard InChI is InChI=1S/C16H12N4OS/c1-10-18-11(9-22-10)6-7-15(21)12(8-17)16-19-13-4-2-3-5-14(13)20-16/h2-7,9,12H,1H3,(H,19,20)/b7-6+. The summed E-state index contributed by atoms with van der Waals surface area (Å²) in [4.78, 5) is 23.8. The van der Waals surface area contributed by atoms with Crippen molar-refractivity contribution in [1.29, 1.82) is 5.26 Å². The maximum absolute atomic E-state index is 12.2. The molecule has 6 heteroatoms. The molecule has 1 atom stereocenters. The molecule has 0 saturated heterocycles. The summed E-state index contributed by atoms with van der Waals surface area (Å²) in [5.74, 6) is -0.886. The van der Waals surface area contributed by atoms with E-state index in [-0.39, 0.29) is 5.78 Å². The van der Waals surface area contributed by atoms with Crippen LogP contribution in [0.25, 0.3) is 17.1 Å². The third-order valence-corrected chi connectivity index (χ3v) is 3.94. The Balaban J connectivity index is 1.85. The molecule has 0 radical (unpaired) electrons. The minimum Gasteiger partial charge on any atom is -0.340 e. The summed E-state index contributed by atoms with van der Waals surface area (Å²) in [6, 6.07) is 9.44. The molecule has 3 aromatic rings. The number of para-hydroxylation sites is 2. The number of aryl methyl sites for hydroxylation is 1. The van der Waals surface area contributed by atoms with Crippen LogP contribution in [0.1, 0.15) is 22.4 Å². The van der Waals surface area contributed by atoms with Gasteiger partial charge in [0.25, 0.3) is 0 Å². The molecule has 5 nitrogen and oxygen atoms in total. The van der Waals surface area contributed by atoms with Crippen molar-refractivity contribution in [3.05, 3.63) is 52.2 Å². The van der Waals surface area contributed by atoms with E-state index >= 15 is 0 Å². The molecule has 108 valence electrons. The Morgan fingerprint density at radius 1 is 1.41 bits per heavy atom. The molecule has 0 spiro atoms. The lowest BCUT2D eigenvalue weighted by atomic mass is 10.0. The zero-order chi connectivity index (χ0) is 15.5. The summed E-state index contributed by atoms with van der Waals surface area (Å²) in [6.07, 6.45) is 3.01. The lowest BCUT2D eigenvalue weighted by Gasteiger charge is -2.00. The van der Waals surface area contributed by atoms with E-state index in [0.29, 0.717) is 5.82 Å². The Kier molecular flexibility index (Phi) is 3.81. The zero-order valence-electron chi connectivity index (χ0n) is 11.8. The molecule has 1 unspecified atom stereocenters. The van der Waals surface area contributed by atoms with Crippen LogP contribution in [0.5, 0.6) is 0 Å². The fraction of sp³-hybridized carbons (Fsp3) is 0.125. The number of thiazole rings is 1. The molecule has 2 heterocycles. The van der Waals surface area contributed by atoms with Gasteiger partial charge in [0.15, 0.2) is 11.7 Å². The Morgan fingerprint density at radius 2 is 2.23 bits per heavy atom. The summed E-state index contributed by atoms with van der Waals surface area (Å²) in [6.45, 7) is 1.90. The van der Waals surface area contributed by atoms with Crippen molar-refractivity contribution in [3.8, 4) is 6.07 Å². The van der Waals surface area contributed by atoms with E-state index in [4.69, 9.17) is 0 Å². The van der Waals surface area contributed by atoms with Crippen molar-refractivity contribution in [2.24, 2.45) is 0 Å². The summed E-state index contributed by atoms with van der Waals surface area (Å²) < 4.78 is 0. The summed E-state index contributed by atoms with van der Waals surface area (Å²) in [5.41, 5.74) is 2.27. The maximum Gasteiger partial charge on any atom is 0.180 e. The van der Waals surface area contributed by atoms with Crippen molar-refractivity contribution >= 4 is 34.2 Å². The van der Waals surface area contributed by atoms with Gasteiger partial charge >= 0.3 is 0 Å². The van der Waals surface area contributed by atoms with Gasteiger partial charge in [0, 0.05) is 5.38 Å². The van der Waals surface area contributed by atoms with E-state index < -0.39 is 5.92 Å². The van der Waals surface area contributed by atoms with Gasteiger partial charge in [-0.25, -0.2) is 9.97 Å². The molecule has 0 bridgehead atoms. The lowest BCUT2D eigenvalue weighted by Crippen LogP contribution is -2.09. The molecule has 3 rings (SSSR count). The second-order valence-corrected chi connectivity index (χ2v) is 5.79. The van der Waals surface area contributed by atoms with Gasteiger partial charge in [-0.1, -0.05) is 12.1 Å². The van der Waals surface area contributed by atoms with Crippen molar-refractivity contribution in [1.82, 2.24) is 15.0 Å². The van der Waals surface area contributed by atoms with Crippen LogP contribution in [0.3, 0.4) is 0 Å². The molecular formula is C16H12N4OS. The minimum atomic E-state index is -0.941. The number of carbonyl (C=O) groups excluding carboxylic acids is 1. The van der Waals surface area contributed by atoms with Gasteiger partial charge in [0.1, 0.15) is 5.82 Å². The number of benzene rings is 1. The molecule has 0 saturated carbocycles. The number of nitrogens with one attached hydrogen (secondary N) is 1. The average Bonchev–Trinajstić information content (AvgIpc) is 3.11. The SMILES string of the molecule is Cc1nc(/C=C/C(=O)C(C#N)c2nc3ccccc3[nH]2)cs1. The third kappa shape index (κ3) is 2.80. The quantitative estimate of drug-likeness (QED) is 0.750. The zero-order valence-corrected chi connectivity index (χ0v) is 12.6. The van der Waals surface area contributed by atoms with Crippen molar-refractivity contribution < 1.29 is 4.79 Å². The first kappa shape index (κ1) is 14.2. The third-order valence-electron chi connectivity index (χ3n) is 3.15. The molecular weight excluding hydrogens is 296 g/mol. The van der Waals surface area contributed by atoms with Crippen LogP contribution in [-0.4, -0.2) is 20.7 Å². The number of aromatic amines is 1. The fourth-order valence-electron chi connectivity index (χ4n) is 2.09. The number of nitriles is 1. The van der Waals surface area contributed by atoms with E-state index in [1.807, 2.05) is 42.6 Å². The van der Waals surface area contributed by atoms with Crippen molar-refractivity contribution in [3.63, 3.8) is 0 Å². The van der Waals surface area contributed by atoms with E-state index in [0.717, 1.165) is 21.7 Å². The van der Waals surface area contributed by atoms with Crippen LogP contribution in [0.4, 0.5) is 0 Å². The predicted octanol–water partition coefficient (Wildman–Crippen LogP) is 3.22. The molecule has 0 aliphatic heterocycles. The summed E-state index contributed by atoms with van der Waals surface area (Å²) >= 11 is 1.51. The Bertz CT molecular complexity index is 867. The van der Waals surface area contributed by atoms with E-state index in [1.165, 1.54) is 17.4 Å². The lowest BCUT2D eigenvalue weighted by molar-refractivity contribution is -0.114. The highest BCUT2D eigenvalue weighted by Gasteiger charge is 2.21. The first-order chi connectivity index (χ1) is 10.7. The Morgan fingerprint density at radius 3 is 2.91 bits per heavy atom. The number of allylic oxidation sites excluding steroid dienone is 1. The molecule has 1 N–H and O–H groups in total. The summed E-state index contributed by atoms with van der Waals surface area (Å²) in [7, 11) is 0. The number of ketones is 1. The van der Waals surface area contributed by atoms with E-state index in [9.17, 15) is 10.1 Å². The molecule has 0 amide bonds. The molecule has 0 fully saturated rings. The highest BCUT2D eigenvalue weighted by Crippen LogP contribution is 2.19. The van der Waals surface area contributed by atoms with Gasteiger partial charge in [-0.2, -0.15) is 5.26 Å². The van der Waals surface area contributed by atoms with Gasteiger partial charge in [-0.15, -0.1) is 11.3 Å². The Hall–Kier alpha value is -2.78. The number of rotatable bonds is 4. The van der Waals surface area contributed by atoms with E-state index in [2.05, 4.69) is 15.0 Å². The number of hydrogen-bond donors (Lipinski definition) is 1. The number of fused-ring (bicyclic) bond motifs is 1. The predicted molar refractivity (Wildman–Crippen MR) is 85.3 cm³/mol. The van der Waals surface area contributed by atoms with Crippen LogP contribution in [-0.2, 0) is 4.79 Å². The van der Waals surface area contributed by atoms with Crippen LogP contribution < -0.4 is 0 Å². The highest BCUT2D eigenvalue weighted by atomic mass is 32.1. The van der Waals surface area contributed by atoms with Gasteiger partial charge in [0.2, 0.25) is 0 Å². The Labute approximate surface area is 131 Å². The second kappa shape index (κ2) is 5.92. The molecule has 1 aromatic carbocycles. The number of hydrogen-bond acceptors (Lipinski definition) is 5. The smallest absolute Gasteiger partial charge is 0.180 e. The monoisotopic (exact) mass is 308 g/mol. The molecule has 22 heavy (non-hydrogen) atoms. The fourth-order valence-corrected chi connectivity index (χ4v) is 2.67. The van der Waals surface area contributed by atoms with E-state index in [1.54, 1.807) is 6.08 Å². The maximum atomic E-state index is 12.2. The van der Waals surface area contributed by atoms with Crippen LogP contribution in [0, 0.1) is 18.3 Å². The number of aromatic nitrogens is 3. The highest BCUT2D eigenvalue weighted by molar-refractivity contribution is 7.09. The van der Waals surface area contributed by atoms with Gasteiger partial charge in [-0.3, -0.25) is 4.79 Å². The van der Waals surface area contributed by atoms with Crippen LogP contribution in [0.2, 0.25) is 0 Å². The topological polar surface area (TPSA) is 82.4 Å². The largest absolute Gasteiger partial charge is 0.340 e. The number of H-pyrrole nitrogens is 1. The van der Waals surface area contributed by atoms with Crippen LogP contribution in [0.15, 0.2) is 35.7 Å². The second-order valence-electron chi connectivity index (χ2n) is 4.73. The van der Waals surface area contributed by atoms with Crippen LogP contribution >= 0.6 is 11.3 Å². The molecule has 2 aromatic heterocycles. The first-order valence-corrected chi connectivity index (χ1v) is 7.53.